The first kappa shape index (κ1) is 12.4. The maximum absolute atomic E-state index is 8.88. The molecule has 1 aliphatic rings. The zero-order chi connectivity index (χ0) is 12.3. The number of hydrogen-bond acceptors (Lipinski definition) is 3. The van der Waals surface area contributed by atoms with E-state index in [0.717, 1.165) is 30.4 Å². The second kappa shape index (κ2) is 5.52. The molecule has 0 saturated carbocycles. The smallest absolute Gasteiger partial charge is 0.100 e. The maximum atomic E-state index is 8.88. The lowest BCUT2D eigenvalue weighted by Crippen LogP contribution is -2.36. The average Bonchev–Trinajstić information content (AvgIpc) is 2.39. The van der Waals surface area contributed by atoms with Crippen molar-refractivity contribution in [1.82, 2.24) is 0 Å². The maximum Gasteiger partial charge on any atom is 0.100 e. The van der Waals surface area contributed by atoms with Crippen LogP contribution in [0.2, 0.25) is 0 Å². The van der Waals surface area contributed by atoms with Gasteiger partial charge in [0.2, 0.25) is 0 Å². The molecule has 1 aromatic carbocycles. The monoisotopic (exact) mass is 294 g/mol. The van der Waals surface area contributed by atoms with E-state index in [-0.39, 0.29) is 0 Å². The molecule has 3 nitrogen and oxygen atoms in total. The molecule has 2 rings (SSSR count). The molecular formula is C13H15BrN2O. The standard InChI is InChI=1S/C13H15BrN2O/c1-17-12-4-6-16(7-5-12)11-3-2-10(9-15)13(14)8-11/h2-3,8,12H,4-7H2,1H3. The Bertz CT molecular complexity index is 434. The molecule has 90 valence electrons. The van der Waals surface area contributed by atoms with E-state index in [9.17, 15) is 0 Å². The van der Waals surface area contributed by atoms with Gasteiger partial charge >= 0.3 is 0 Å². The van der Waals surface area contributed by atoms with Crippen LogP contribution in [0.3, 0.4) is 0 Å². The minimum Gasteiger partial charge on any atom is -0.381 e. The number of halogens is 1. The van der Waals surface area contributed by atoms with Crippen molar-refractivity contribution < 1.29 is 4.74 Å². The van der Waals surface area contributed by atoms with Gasteiger partial charge in [0.25, 0.3) is 0 Å². The molecule has 4 heteroatoms. The number of anilines is 1. The van der Waals surface area contributed by atoms with Gasteiger partial charge in [-0.1, -0.05) is 0 Å². The molecule has 1 aromatic rings. The first-order valence-corrected chi connectivity index (χ1v) is 6.51. The highest BCUT2D eigenvalue weighted by molar-refractivity contribution is 9.10. The molecule has 0 N–H and O–H groups in total. The Morgan fingerprint density at radius 2 is 2.12 bits per heavy atom. The van der Waals surface area contributed by atoms with Crippen molar-refractivity contribution in [3.05, 3.63) is 28.2 Å². The first-order chi connectivity index (χ1) is 8.24. The summed E-state index contributed by atoms with van der Waals surface area (Å²) in [4.78, 5) is 2.33. The molecule has 0 aromatic heterocycles. The van der Waals surface area contributed by atoms with Crippen LogP contribution in [0.15, 0.2) is 22.7 Å². The third-order valence-corrected chi connectivity index (χ3v) is 3.87. The number of rotatable bonds is 2. The predicted molar refractivity (Wildman–Crippen MR) is 71.1 cm³/mol. The third kappa shape index (κ3) is 2.80. The fraction of sp³-hybridized carbons (Fsp3) is 0.462. The van der Waals surface area contributed by atoms with E-state index in [1.807, 2.05) is 18.2 Å². The fourth-order valence-electron chi connectivity index (χ4n) is 2.14. The summed E-state index contributed by atoms with van der Waals surface area (Å²) >= 11 is 3.43. The lowest BCUT2D eigenvalue weighted by Gasteiger charge is -2.33. The highest BCUT2D eigenvalue weighted by atomic mass is 79.9. The molecule has 0 amide bonds. The lowest BCUT2D eigenvalue weighted by atomic mass is 10.1. The Morgan fingerprint density at radius 3 is 2.65 bits per heavy atom. The molecule has 0 unspecified atom stereocenters. The van der Waals surface area contributed by atoms with Crippen molar-refractivity contribution in [2.24, 2.45) is 0 Å². The molecule has 1 aliphatic heterocycles. The van der Waals surface area contributed by atoms with E-state index in [0.29, 0.717) is 11.7 Å². The van der Waals surface area contributed by atoms with E-state index < -0.39 is 0 Å². The van der Waals surface area contributed by atoms with Crippen LogP contribution in [-0.4, -0.2) is 26.3 Å². The summed E-state index contributed by atoms with van der Waals surface area (Å²) in [6.07, 6.45) is 2.52. The molecule has 0 radical (unpaired) electrons. The molecule has 17 heavy (non-hydrogen) atoms. The Labute approximate surface area is 110 Å². The van der Waals surface area contributed by atoms with Gasteiger partial charge in [-0.3, -0.25) is 0 Å². The summed E-state index contributed by atoms with van der Waals surface area (Å²) in [6.45, 7) is 2.02. The van der Waals surface area contributed by atoms with E-state index in [4.69, 9.17) is 10.00 Å². The van der Waals surface area contributed by atoms with Crippen molar-refractivity contribution in [1.29, 1.82) is 5.26 Å². The Morgan fingerprint density at radius 1 is 1.41 bits per heavy atom. The van der Waals surface area contributed by atoms with Crippen molar-refractivity contribution >= 4 is 21.6 Å². The molecule has 0 spiro atoms. The largest absolute Gasteiger partial charge is 0.381 e. The lowest BCUT2D eigenvalue weighted by molar-refractivity contribution is 0.0819. The molecule has 1 fully saturated rings. The number of hydrogen-bond donors (Lipinski definition) is 0. The van der Waals surface area contributed by atoms with Crippen molar-refractivity contribution in [2.75, 3.05) is 25.1 Å². The molecule has 0 aliphatic carbocycles. The Kier molecular flexibility index (Phi) is 4.03. The Balaban J connectivity index is 2.09. The third-order valence-electron chi connectivity index (χ3n) is 3.21. The summed E-state index contributed by atoms with van der Waals surface area (Å²) in [7, 11) is 1.78. The highest BCUT2D eigenvalue weighted by Crippen LogP contribution is 2.26. The van der Waals surface area contributed by atoms with Gasteiger partial charge in [-0.05, 0) is 47.0 Å². The minimum atomic E-state index is 0.396. The van der Waals surface area contributed by atoms with Crippen LogP contribution in [0.25, 0.3) is 0 Å². The topological polar surface area (TPSA) is 36.3 Å². The van der Waals surface area contributed by atoms with E-state index in [1.165, 1.54) is 5.69 Å². The number of ether oxygens (including phenoxy) is 1. The van der Waals surface area contributed by atoms with Crippen LogP contribution in [0.4, 0.5) is 5.69 Å². The summed E-state index contributed by atoms with van der Waals surface area (Å²) in [5, 5.41) is 8.88. The first-order valence-electron chi connectivity index (χ1n) is 5.72. The van der Waals surface area contributed by atoms with Crippen LogP contribution in [0.5, 0.6) is 0 Å². The molecule has 1 heterocycles. The van der Waals surface area contributed by atoms with Crippen molar-refractivity contribution in [2.45, 2.75) is 18.9 Å². The highest BCUT2D eigenvalue weighted by Gasteiger charge is 2.19. The van der Waals surface area contributed by atoms with Crippen LogP contribution in [-0.2, 0) is 4.74 Å². The number of benzene rings is 1. The SMILES string of the molecule is COC1CCN(c2ccc(C#N)c(Br)c2)CC1. The van der Waals surface area contributed by atoms with E-state index in [1.54, 1.807) is 7.11 Å². The van der Waals surface area contributed by atoms with Crippen molar-refractivity contribution in [3.63, 3.8) is 0 Å². The summed E-state index contributed by atoms with van der Waals surface area (Å²) in [6, 6.07) is 8.05. The van der Waals surface area contributed by atoms with Gasteiger partial charge in [0.05, 0.1) is 11.7 Å². The van der Waals surface area contributed by atoms with Gasteiger partial charge in [-0.2, -0.15) is 5.26 Å². The summed E-state index contributed by atoms with van der Waals surface area (Å²) < 4.78 is 6.22. The van der Waals surface area contributed by atoms with Gasteiger partial charge < -0.3 is 9.64 Å². The predicted octanol–water partition coefficient (Wildman–Crippen LogP) is 2.94. The number of methoxy groups -OCH3 is 1. The second-order valence-corrected chi connectivity index (χ2v) is 5.05. The Hall–Kier alpha value is -1.05. The molecule has 0 bridgehead atoms. The van der Waals surface area contributed by atoms with Crippen LogP contribution in [0, 0.1) is 11.3 Å². The number of nitriles is 1. The zero-order valence-corrected chi connectivity index (χ0v) is 11.4. The number of nitrogens with zero attached hydrogens (tertiary/aromatic N) is 2. The molecule has 1 saturated heterocycles. The van der Waals surface area contributed by atoms with E-state index >= 15 is 0 Å². The van der Waals surface area contributed by atoms with Gasteiger partial charge in [-0.15, -0.1) is 0 Å². The fourth-order valence-corrected chi connectivity index (χ4v) is 2.60. The number of piperidine rings is 1. The zero-order valence-electron chi connectivity index (χ0n) is 9.82. The summed E-state index contributed by atoms with van der Waals surface area (Å²) in [5.41, 5.74) is 1.85. The van der Waals surface area contributed by atoms with Gasteiger partial charge in [0.1, 0.15) is 6.07 Å². The van der Waals surface area contributed by atoms with Gasteiger partial charge in [0.15, 0.2) is 0 Å². The van der Waals surface area contributed by atoms with Crippen molar-refractivity contribution in [3.8, 4) is 6.07 Å². The normalized spacial score (nSPS) is 16.9. The van der Waals surface area contributed by atoms with Crippen LogP contribution < -0.4 is 4.90 Å². The summed E-state index contributed by atoms with van der Waals surface area (Å²) in [5.74, 6) is 0. The average molecular weight is 295 g/mol. The molecular weight excluding hydrogens is 280 g/mol. The van der Waals surface area contributed by atoms with Crippen LogP contribution >= 0.6 is 15.9 Å². The minimum absolute atomic E-state index is 0.396. The van der Waals surface area contributed by atoms with Gasteiger partial charge in [-0.25, -0.2) is 0 Å². The van der Waals surface area contributed by atoms with Crippen LogP contribution in [0.1, 0.15) is 18.4 Å². The van der Waals surface area contributed by atoms with Gasteiger partial charge in [0, 0.05) is 30.4 Å². The van der Waals surface area contributed by atoms with E-state index in [2.05, 4.69) is 26.9 Å². The molecule has 0 atom stereocenters. The quantitative estimate of drug-likeness (QED) is 0.841. The second-order valence-electron chi connectivity index (χ2n) is 4.20.